The molecular weight excluding hydrogens is 394 g/mol. The fourth-order valence-corrected chi connectivity index (χ4v) is 4.31. The number of hydrogen-bond donors (Lipinski definition) is 1. The highest BCUT2D eigenvalue weighted by molar-refractivity contribution is 7.99. The van der Waals surface area contributed by atoms with Gasteiger partial charge >= 0.3 is 0 Å². The number of rotatable bonds is 10. The number of thiophene rings is 1. The van der Waals surface area contributed by atoms with E-state index in [9.17, 15) is 9.59 Å². The van der Waals surface area contributed by atoms with E-state index in [2.05, 4.69) is 16.4 Å². The van der Waals surface area contributed by atoms with Crippen LogP contribution in [-0.4, -0.2) is 41.5 Å². The molecule has 0 aliphatic carbocycles. The highest BCUT2D eigenvalue weighted by Gasteiger charge is 2.13. The minimum Gasteiger partial charge on any atom is -0.385 e. The second kappa shape index (κ2) is 10.4. The molecule has 3 rings (SSSR count). The van der Waals surface area contributed by atoms with E-state index in [1.54, 1.807) is 29.1 Å². The molecule has 0 unspecified atom stereocenters. The highest BCUT2D eigenvalue weighted by atomic mass is 32.2. The molecule has 0 spiro atoms. The molecule has 8 heteroatoms. The van der Waals surface area contributed by atoms with Gasteiger partial charge in [0.1, 0.15) is 0 Å². The number of nitrogens with zero attached hydrogens (tertiary/aromatic N) is 2. The monoisotopic (exact) mass is 417 g/mol. The quantitative estimate of drug-likeness (QED) is 0.312. The molecule has 28 heavy (non-hydrogen) atoms. The number of fused-ring (bicyclic) bond motifs is 1. The second-order valence-electron chi connectivity index (χ2n) is 6.18. The van der Waals surface area contributed by atoms with E-state index in [-0.39, 0.29) is 17.2 Å². The Morgan fingerprint density at radius 1 is 1.29 bits per heavy atom. The van der Waals surface area contributed by atoms with E-state index in [1.807, 2.05) is 29.6 Å². The Morgan fingerprint density at radius 3 is 2.93 bits per heavy atom. The highest BCUT2D eigenvalue weighted by Crippen LogP contribution is 2.19. The van der Waals surface area contributed by atoms with Gasteiger partial charge in [-0.05, 0) is 36.4 Å². The lowest BCUT2D eigenvalue weighted by Gasteiger charge is -2.13. The van der Waals surface area contributed by atoms with Crippen LogP contribution in [0.5, 0.6) is 0 Å². The fraction of sp³-hybridized carbons (Fsp3) is 0.350. The molecule has 0 bridgehead atoms. The molecule has 0 saturated heterocycles. The van der Waals surface area contributed by atoms with Crippen molar-refractivity contribution in [3.05, 3.63) is 57.0 Å². The van der Waals surface area contributed by atoms with Gasteiger partial charge in [-0.25, -0.2) is 4.98 Å². The zero-order chi connectivity index (χ0) is 19.8. The Morgan fingerprint density at radius 2 is 2.14 bits per heavy atom. The minimum atomic E-state index is -0.0756. The number of aryl methyl sites for hydroxylation is 1. The maximum atomic E-state index is 13.0. The standard InChI is InChI=1S/C20H23N3O3S2/c1-26-12-5-10-21-18(24)14-28-20-22-17-8-3-2-7-16(17)19(25)23(20)11-9-15-6-4-13-27-15/h2-4,6-8,13H,5,9-12,14H2,1H3,(H,21,24). The maximum absolute atomic E-state index is 13.0. The van der Waals surface area contributed by atoms with Gasteiger partial charge in [-0.2, -0.15) is 0 Å². The molecular formula is C20H23N3O3S2. The number of thioether (sulfide) groups is 1. The van der Waals surface area contributed by atoms with Crippen molar-refractivity contribution in [3.63, 3.8) is 0 Å². The van der Waals surface area contributed by atoms with Gasteiger partial charge in [-0.3, -0.25) is 14.2 Å². The zero-order valence-electron chi connectivity index (χ0n) is 15.7. The number of carbonyl (C=O) groups is 1. The fourth-order valence-electron chi connectivity index (χ4n) is 2.76. The first-order valence-corrected chi connectivity index (χ1v) is 11.0. The van der Waals surface area contributed by atoms with Crippen LogP contribution in [0, 0.1) is 0 Å². The number of carbonyl (C=O) groups excluding carboxylic acids is 1. The van der Waals surface area contributed by atoms with E-state index in [0.717, 1.165) is 12.8 Å². The predicted octanol–water partition coefficient (Wildman–Crippen LogP) is 2.95. The SMILES string of the molecule is COCCCNC(=O)CSc1nc2ccccc2c(=O)n1CCc1cccs1. The van der Waals surface area contributed by atoms with Crippen molar-refractivity contribution in [2.24, 2.45) is 0 Å². The molecule has 2 aromatic heterocycles. The van der Waals surface area contributed by atoms with Crippen LogP contribution in [0.3, 0.4) is 0 Å². The second-order valence-corrected chi connectivity index (χ2v) is 8.16. The molecule has 3 aromatic rings. The lowest BCUT2D eigenvalue weighted by Crippen LogP contribution is -2.28. The van der Waals surface area contributed by atoms with Gasteiger partial charge in [0, 0.05) is 31.7 Å². The van der Waals surface area contributed by atoms with Crippen molar-refractivity contribution in [1.82, 2.24) is 14.9 Å². The average Bonchev–Trinajstić information content (AvgIpc) is 3.23. The Kier molecular flexibility index (Phi) is 7.64. The Balaban J connectivity index is 1.75. The first-order chi connectivity index (χ1) is 13.7. The van der Waals surface area contributed by atoms with Gasteiger partial charge in [0.05, 0.1) is 16.7 Å². The number of methoxy groups -OCH3 is 1. The number of nitrogens with one attached hydrogen (secondary N) is 1. The molecule has 0 aliphatic rings. The summed E-state index contributed by atoms with van der Waals surface area (Å²) in [4.78, 5) is 31.0. The lowest BCUT2D eigenvalue weighted by atomic mass is 10.2. The molecule has 0 fully saturated rings. The molecule has 148 valence electrons. The third kappa shape index (κ3) is 5.43. The molecule has 0 saturated carbocycles. The predicted molar refractivity (Wildman–Crippen MR) is 114 cm³/mol. The van der Waals surface area contributed by atoms with E-state index in [1.165, 1.54) is 16.6 Å². The van der Waals surface area contributed by atoms with Gasteiger partial charge in [-0.1, -0.05) is 30.0 Å². The van der Waals surface area contributed by atoms with E-state index < -0.39 is 0 Å². The number of aromatic nitrogens is 2. The lowest BCUT2D eigenvalue weighted by molar-refractivity contribution is -0.118. The van der Waals surface area contributed by atoms with Crippen LogP contribution in [0.1, 0.15) is 11.3 Å². The van der Waals surface area contributed by atoms with E-state index in [4.69, 9.17) is 4.74 Å². The summed E-state index contributed by atoms with van der Waals surface area (Å²) in [5, 5.41) is 6.06. The van der Waals surface area contributed by atoms with Crippen LogP contribution in [0.15, 0.2) is 51.7 Å². The summed E-state index contributed by atoms with van der Waals surface area (Å²) < 4.78 is 6.66. The third-order valence-electron chi connectivity index (χ3n) is 4.17. The van der Waals surface area contributed by atoms with Crippen molar-refractivity contribution >= 4 is 39.9 Å². The number of amides is 1. The zero-order valence-corrected chi connectivity index (χ0v) is 17.4. The number of benzene rings is 1. The number of hydrogen-bond acceptors (Lipinski definition) is 6. The third-order valence-corrected chi connectivity index (χ3v) is 6.08. The van der Waals surface area contributed by atoms with Crippen molar-refractivity contribution in [1.29, 1.82) is 0 Å². The molecule has 2 heterocycles. The van der Waals surface area contributed by atoms with Crippen LogP contribution < -0.4 is 10.9 Å². The van der Waals surface area contributed by atoms with Crippen LogP contribution in [-0.2, 0) is 22.5 Å². The molecule has 0 aliphatic heterocycles. The molecule has 1 aromatic carbocycles. The molecule has 6 nitrogen and oxygen atoms in total. The summed E-state index contributed by atoms with van der Waals surface area (Å²) >= 11 is 2.97. The van der Waals surface area contributed by atoms with Crippen molar-refractivity contribution in [2.45, 2.75) is 24.5 Å². The summed E-state index contributed by atoms with van der Waals surface area (Å²) in [5.74, 6) is 0.143. The average molecular weight is 418 g/mol. The molecule has 0 atom stereocenters. The van der Waals surface area contributed by atoms with Crippen LogP contribution in [0.25, 0.3) is 10.9 Å². The van der Waals surface area contributed by atoms with Gasteiger partial charge in [0.15, 0.2) is 5.16 Å². The van der Waals surface area contributed by atoms with E-state index >= 15 is 0 Å². The first kappa shape index (κ1) is 20.6. The van der Waals surface area contributed by atoms with Gasteiger partial charge in [-0.15, -0.1) is 11.3 Å². The minimum absolute atomic E-state index is 0.0647. The largest absolute Gasteiger partial charge is 0.385 e. The van der Waals surface area contributed by atoms with Gasteiger partial charge < -0.3 is 10.1 Å². The summed E-state index contributed by atoms with van der Waals surface area (Å²) in [6.45, 7) is 1.72. The Bertz CT molecular complexity index is 970. The summed E-state index contributed by atoms with van der Waals surface area (Å²) in [7, 11) is 1.64. The first-order valence-electron chi connectivity index (χ1n) is 9.09. The van der Waals surface area contributed by atoms with Crippen LogP contribution in [0.2, 0.25) is 0 Å². The Hall–Kier alpha value is -2.16. The van der Waals surface area contributed by atoms with Crippen molar-refractivity contribution in [2.75, 3.05) is 26.0 Å². The molecule has 0 radical (unpaired) electrons. The van der Waals surface area contributed by atoms with Crippen LogP contribution in [0.4, 0.5) is 0 Å². The van der Waals surface area contributed by atoms with Crippen LogP contribution >= 0.6 is 23.1 Å². The topological polar surface area (TPSA) is 73.2 Å². The van der Waals surface area contributed by atoms with Gasteiger partial charge in [0.2, 0.25) is 5.91 Å². The maximum Gasteiger partial charge on any atom is 0.262 e. The van der Waals surface area contributed by atoms with E-state index in [0.29, 0.717) is 35.8 Å². The number of ether oxygens (including phenoxy) is 1. The molecule has 1 amide bonds. The van der Waals surface area contributed by atoms with Gasteiger partial charge in [0.25, 0.3) is 5.56 Å². The van der Waals surface area contributed by atoms with Crippen molar-refractivity contribution < 1.29 is 9.53 Å². The van der Waals surface area contributed by atoms with Crippen molar-refractivity contribution in [3.8, 4) is 0 Å². The smallest absolute Gasteiger partial charge is 0.262 e. The summed E-state index contributed by atoms with van der Waals surface area (Å²) in [6, 6.07) is 11.4. The Labute approximate surface area is 171 Å². The summed E-state index contributed by atoms with van der Waals surface area (Å²) in [6.07, 6.45) is 1.53. The summed E-state index contributed by atoms with van der Waals surface area (Å²) in [5.41, 5.74) is 0.591. The molecule has 1 N–H and O–H groups in total. The normalized spacial score (nSPS) is 11.0. The number of para-hydroxylation sites is 1.